The van der Waals surface area contributed by atoms with Crippen LogP contribution in [0.3, 0.4) is 0 Å². The molecule has 96 valence electrons. The Morgan fingerprint density at radius 2 is 2.22 bits per heavy atom. The second-order valence-electron chi connectivity index (χ2n) is 3.71. The zero-order valence-corrected chi connectivity index (χ0v) is 10.4. The van der Waals surface area contributed by atoms with Gasteiger partial charge in [0.25, 0.3) is 10.1 Å². The molecule has 0 unspecified atom stereocenters. The number of nitrogens with zero attached hydrogens (tertiary/aromatic N) is 5. The lowest BCUT2D eigenvalue weighted by atomic mass is 10.2. The molecule has 0 aliphatic heterocycles. The van der Waals surface area contributed by atoms with E-state index in [-0.39, 0.29) is 12.3 Å². The first-order chi connectivity index (χ1) is 8.46. The first kappa shape index (κ1) is 12.6. The fourth-order valence-electron chi connectivity index (χ4n) is 1.43. The highest BCUT2D eigenvalue weighted by Crippen LogP contribution is 2.13. The summed E-state index contributed by atoms with van der Waals surface area (Å²) in [4.78, 5) is 0. The predicted octanol–water partition coefficient (Wildman–Crippen LogP) is -0.948. The van der Waals surface area contributed by atoms with Crippen molar-refractivity contribution < 1.29 is 17.7 Å². The zero-order valence-electron chi connectivity index (χ0n) is 9.63. The van der Waals surface area contributed by atoms with Gasteiger partial charge in [-0.3, -0.25) is 4.55 Å². The second-order valence-corrected chi connectivity index (χ2v) is 5.28. The average molecular weight is 270 g/mol. The molecule has 2 aromatic heterocycles. The molecule has 0 aromatic carbocycles. The third-order valence-electron chi connectivity index (χ3n) is 2.36. The van der Waals surface area contributed by atoms with Crippen LogP contribution < -0.4 is 4.68 Å². The van der Waals surface area contributed by atoms with E-state index in [2.05, 4.69) is 15.4 Å². The molecule has 0 spiro atoms. The van der Waals surface area contributed by atoms with E-state index >= 15 is 0 Å². The Balaban J connectivity index is 2.13. The van der Waals surface area contributed by atoms with Crippen LogP contribution in [0.15, 0.2) is 24.7 Å². The Morgan fingerprint density at radius 1 is 1.44 bits per heavy atom. The Hall–Kier alpha value is -1.87. The van der Waals surface area contributed by atoms with Crippen molar-refractivity contribution >= 4 is 10.1 Å². The molecule has 0 saturated carbocycles. The van der Waals surface area contributed by atoms with E-state index < -0.39 is 10.1 Å². The van der Waals surface area contributed by atoms with E-state index in [0.29, 0.717) is 0 Å². The van der Waals surface area contributed by atoms with Gasteiger partial charge in [0.05, 0.1) is 11.9 Å². The molecule has 8 nitrogen and oxygen atoms in total. The lowest BCUT2D eigenvalue weighted by molar-refractivity contribution is -0.750. The molecule has 0 amide bonds. The molecular formula is C9H12N5O3S+. The van der Waals surface area contributed by atoms with Gasteiger partial charge in [-0.1, -0.05) is 9.90 Å². The molecule has 0 saturated heterocycles. The minimum absolute atomic E-state index is 0.1000. The van der Waals surface area contributed by atoms with Crippen LogP contribution in [0.25, 0.3) is 11.3 Å². The standard InChI is InChI=1S/C9H11N5O3S/c1-13-9(7-10-12-13)8-2-3-14(11-6-8)4-5-18(15,16)17/h2-3,6-7H,4-5H2,1H3/p+1. The molecule has 2 heterocycles. The number of aromatic nitrogens is 5. The van der Waals surface area contributed by atoms with E-state index in [1.54, 1.807) is 36.4 Å². The summed E-state index contributed by atoms with van der Waals surface area (Å²) in [7, 11) is -2.20. The number of hydrogen-bond acceptors (Lipinski definition) is 5. The summed E-state index contributed by atoms with van der Waals surface area (Å²) in [6.07, 6.45) is 4.83. The summed E-state index contributed by atoms with van der Waals surface area (Å²) < 4.78 is 32.9. The normalized spacial score (nSPS) is 11.7. The minimum Gasteiger partial charge on any atom is -0.285 e. The summed E-state index contributed by atoms with van der Waals surface area (Å²) in [5, 5.41) is 11.6. The van der Waals surface area contributed by atoms with Gasteiger partial charge < -0.3 is 0 Å². The van der Waals surface area contributed by atoms with Crippen LogP contribution in [0, 0.1) is 0 Å². The van der Waals surface area contributed by atoms with Gasteiger partial charge >= 0.3 is 0 Å². The molecule has 0 aliphatic rings. The van der Waals surface area contributed by atoms with E-state index in [1.165, 1.54) is 4.68 Å². The van der Waals surface area contributed by atoms with Gasteiger partial charge in [-0.15, -0.1) is 5.10 Å². The summed E-state index contributed by atoms with van der Waals surface area (Å²) >= 11 is 0. The topological polar surface area (TPSA) is 102 Å². The SMILES string of the molecule is Cn1nncc1-c1cc[n+](CCS(=O)(=O)O)nc1. The minimum atomic E-state index is -3.97. The molecule has 0 radical (unpaired) electrons. The maximum absolute atomic E-state index is 10.6. The highest BCUT2D eigenvalue weighted by Gasteiger charge is 2.12. The fourth-order valence-corrected chi connectivity index (χ4v) is 1.85. The van der Waals surface area contributed by atoms with Gasteiger partial charge in [-0.05, 0) is 5.10 Å². The number of rotatable bonds is 4. The average Bonchev–Trinajstić information content (AvgIpc) is 2.73. The van der Waals surface area contributed by atoms with E-state index in [4.69, 9.17) is 4.55 Å². The van der Waals surface area contributed by atoms with E-state index in [1.807, 2.05) is 0 Å². The van der Waals surface area contributed by atoms with E-state index in [0.717, 1.165) is 11.3 Å². The molecule has 0 atom stereocenters. The fraction of sp³-hybridized carbons (Fsp3) is 0.333. The van der Waals surface area contributed by atoms with Crippen LogP contribution in [0.4, 0.5) is 0 Å². The molecule has 1 N–H and O–H groups in total. The summed E-state index contributed by atoms with van der Waals surface area (Å²) in [6, 6.07) is 1.77. The van der Waals surface area contributed by atoms with Gasteiger partial charge in [-0.2, -0.15) is 8.42 Å². The molecule has 2 rings (SSSR count). The molecule has 0 fully saturated rings. The lowest BCUT2D eigenvalue weighted by Crippen LogP contribution is -2.40. The summed E-state index contributed by atoms with van der Waals surface area (Å²) in [5.41, 5.74) is 1.63. The van der Waals surface area contributed by atoms with E-state index in [9.17, 15) is 8.42 Å². The molecular weight excluding hydrogens is 258 g/mol. The number of aryl methyl sites for hydroxylation is 2. The summed E-state index contributed by atoms with van der Waals surface area (Å²) in [5.74, 6) is -0.364. The van der Waals surface area contributed by atoms with Crippen molar-refractivity contribution in [1.29, 1.82) is 0 Å². The first-order valence-electron chi connectivity index (χ1n) is 5.12. The van der Waals surface area contributed by atoms with Crippen molar-refractivity contribution in [3.8, 4) is 11.3 Å². The van der Waals surface area contributed by atoms with Gasteiger partial charge in [0.2, 0.25) is 0 Å². The Bertz CT molecular complexity index is 634. The third kappa shape index (κ3) is 3.08. The highest BCUT2D eigenvalue weighted by molar-refractivity contribution is 7.85. The van der Waals surface area contributed by atoms with Crippen molar-refractivity contribution in [2.75, 3.05) is 5.75 Å². The van der Waals surface area contributed by atoms with Crippen LogP contribution in [0.1, 0.15) is 0 Å². The Kier molecular flexibility index (Phi) is 3.34. The van der Waals surface area contributed by atoms with Crippen molar-refractivity contribution in [3.05, 3.63) is 24.7 Å². The van der Waals surface area contributed by atoms with Crippen LogP contribution >= 0.6 is 0 Å². The van der Waals surface area contributed by atoms with Crippen LogP contribution in [-0.4, -0.2) is 38.8 Å². The maximum Gasteiger partial charge on any atom is 0.271 e. The Labute approximate surface area is 104 Å². The van der Waals surface area contributed by atoms with Gasteiger partial charge in [0.15, 0.2) is 12.7 Å². The first-order valence-corrected chi connectivity index (χ1v) is 6.72. The molecule has 18 heavy (non-hydrogen) atoms. The second kappa shape index (κ2) is 4.78. The third-order valence-corrected chi connectivity index (χ3v) is 3.06. The molecule has 9 heteroatoms. The Morgan fingerprint density at radius 3 is 2.72 bits per heavy atom. The van der Waals surface area contributed by atoms with Gasteiger partial charge in [-0.25, -0.2) is 4.68 Å². The predicted molar refractivity (Wildman–Crippen MR) is 60.8 cm³/mol. The van der Waals surface area contributed by atoms with Gasteiger partial charge in [0, 0.05) is 18.7 Å². The van der Waals surface area contributed by atoms with Crippen LogP contribution in [0.2, 0.25) is 0 Å². The van der Waals surface area contributed by atoms with Crippen molar-refractivity contribution in [3.63, 3.8) is 0 Å². The van der Waals surface area contributed by atoms with Crippen molar-refractivity contribution in [2.45, 2.75) is 6.54 Å². The zero-order chi connectivity index (χ0) is 13.2. The molecule has 0 bridgehead atoms. The molecule has 2 aromatic rings. The summed E-state index contributed by atoms with van der Waals surface area (Å²) in [6.45, 7) is 0.1000. The van der Waals surface area contributed by atoms with Gasteiger partial charge in [0.1, 0.15) is 11.9 Å². The highest BCUT2D eigenvalue weighted by atomic mass is 32.2. The van der Waals surface area contributed by atoms with Crippen molar-refractivity contribution in [2.24, 2.45) is 7.05 Å². The van der Waals surface area contributed by atoms with Crippen molar-refractivity contribution in [1.82, 2.24) is 20.1 Å². The molecule has 0 aliphatic carbocycles. The lowest BCUT2D eigenvalue weighted by Gasteiger charge is -1.98. The maximum atomic E-state index is 10.6. The monoisotopic (exact) mass is 270 g/mol. The smallest absolute Gasteiger partial charge is 0.271 e. The largest absolute Gasteiger partial charge is 0.285 e. The quantitative estimate of drug-likeness (QED) is 0.568. The van der Waals surface area contributed by atoms with Crippen LogP contribution in [0.5, 0.6) is 0 Å². The van der Waals surface area contributed by atoms with Crippen LogP contribution in [-0.2, 0) is 23.7 Å². The number of hydrogen-bond donors (Lipinski definition) is 1.